The molecule has 1 aliphatic rings. The Morgan fingerprint density at radius 1 is 1.45 bits per heavy atom. The first-order valence-corrected chi connectivity index (χ1v) is 9.94. The molecular formula is C21H26N6O4. The van der Waals surface area contributed by atoms with Crippen LogP contribution in [0, 0.1) is 13.8 Å². The van der Waals surface area contributed by atoms with Crippen LogP contribution in [0.1, 0.15) is 35.4 Å². The number of amides is 1. The number of nitrogens with zero attached hydrogens (tertiary/aromatic N) is 4. The summed E-state index contributed by atoms with van der Waals surface area (Å²) < 4.78 is 14.5. The largest absolute Gasteiger partial charge is 0.399 e. The lowest BCUT2D eigenvalue weighted by molar-refractivity contribution is -0.137. The first kappa shape index (κ1) is 20.9. The van der Waals surface area contributed by atoms with Crippen LogP contribution in [0.5, 0.6) is 0 Å². The SMILES string of the molecule is C=C(N)c1c(-c2ccn(C)n2)cn([C@H]2C[C@H](O)[C@@H](C(=O)NCc3cc(C)on3)O2)c1C. The van der Waals surface area contributed by atoms with Crippen LogP contribution in [-0.4, -0.2) is 42.7 Å². The highest BCUT2D eigenvalue weighted by molar-refractivity contribution is 5.82. The highest BCUT2D eigenvalue weighted by atomic mass is 16.5. The molecule has 0 spiro atoms. The number of nitrogens with one attached hydrogen (secondary N) is 1. The van der Waals surface area contributed by atoms with E-state index >= 15 is 0 Å². The van der Waals surface area contributed by atoms with Crippen LogP contribution in [0.2, 0.25) is 0 Å². The Morgan fingerprint density at radius 3 is 2.84 bits per heavy atom. The molecular weight excluding hydrogens is 400 g/mol. The topological polar surface area (TPSA) is 133 Å². The van der Waals surface area contributed by atoms with Crippen molar-refractivity contribution in [2.45, 2.75) is 45.2 Å². The van der Waals surface area contributed by atoms with E-state index in [-0.39, 0.29) is 13.0 Å². The van der Waals surface area contributed by atoms with Gasteiger partial charge in [-0.2, -0.15) is 5.10 Å². The number of carbonyl (C=O) groups excluding carboxylic acids is 1. The molecule has 0 bridgehead atoms. The smallest absolute Gasteiger partial charge is 0.252 e. The summed E-state index contributed by atoms with van der Waals surface area (Å²) in [5, 5.41) is 21.5. The number of aromatic nitrogens is 4. The van der Waals surface area contributed by atoms with Gasteiger partial charge in [-0.15, -0.1) is 0 Å². The molecule has 4 N–H and O–H groups in total. The summed E-state index contributed by atoms with van der Waals surface area (Å²) in [6, 6.07) is 3.62. The van der Waals surface area contributed by atoms with Gasteiger partial charge < -0.3 is 30.0 Å². The van der Waals surface area contributed by atoms with Gasteiger partial charge in [0.2, 0.25) is 0 Å². The van der Waals surface area contributed by atoms with Crippen molar-refractivity contribution in [2.24, 2.45) is 12.8 Å². The van der Waals surface area contributed by atoms with Gasteiger partial charge in [-0.3, -0.25) is 9.48 Å². The molecule has 0 saturated carbocycles. The van der Waals surface area contributed by atoms with Gasteiger partial charge >= 0.3 is 0 Å². The molecule has 1 saturated heterocycles. The van der Waals surface area contributed by atoms with E-state index in [2.05, 4.69) is 22.2 Å². The predicted octanol–water partition coefficient (Wildman–Crippen LogP) is 1.39. The molecule has 1 aliphatic heterocycles. The van der Waals surface area contributed by atoms with E-state index in [9.17, 15) is 9.90 Å². The maximum Gasteiger partial charge on any atom is 0.252 e. The average Bonchev–Trinajstić information content (AvgIpc) is 3.47. The Hall–Kier alpha value is -3.37. The Bertz CT molecular complexity index is 1130. The maximum atomic E-state index is 12.6. The minimum atomic E-state index is -0.998. The van der Waals surface area contributed by atoms with Gasteiger partial charge in [0.1, 0.15) is 17.7 Å². The Balaban J connectivity index is 1.53. The summed E-state index contributed by atoms with van der Waals surface area (Å²) in [6.45, 7) is 7.76. The van der Waals surface area contributed by atoms with Crippen molar-refractivity contribution in [3.8, 4) is 11.3 Å². The van der Waals surface area contributed by atoms with Crippen molar-refractivity contribution >= 4 is 11.6 Å². The Labute approximate surface area is 179 Å². The molecule has 164 valence electrons. The summed E-state index contributed by atoms with van der Waals surface area (Å²) in [5.74, 6) is 0.249. The standard InChI is InChI=1S/C21H26N6O4/c1-11-7-14(25-31-11)9-23-21(29)20-17(28)8-18(30-20)27-10-15(16-5-6-26(4)24-16)19(12(2)22)13(27)3/h5-7,10,17-18,20,28H,2,8-9,22H2,1,3-4H3,(H,23,29)/t17-,18+,20-/m0/s1. The molecule has 3 atom stereocenters. The van der Waals surface area contributed by atoms with Gasteiger partial charge in [-0.1, -0.05) is 11.7 Å². The highest BCUT2D eigenvalue weighted by Gasteiger charge is 2.40. The molecule has 4 heterocycles. The monoisotopic (exact) mass is 426 g/mol. The zero-order chi connectivity index (χ0) is 22.3. The zero-order valence-electron chi connectivity index (χ0n) is 17.7. The number of aryl methyl sites for hydroxylation is 2. The van der Waals surface area contributed by atoms with E-state index in [0.29, 0.717) is 17.2 Å². The molecule has 1 fully saturated rings. The van der Waals surface area contributed by atoms with Crippen LogP contribution in [0.15, 0.2) is 35.6 Å². The quantitative estimate of drug-likeness (QED) is 0.542. The third-order valence-corrected chi connectivity index (χ3v) is 5.38. The first-order valence-electron chi connectivity index (χ1n) is 9.94. The van der Waals surface area contributed by atoms with Gasteiger partial charge in [-0.25, -0.2) is 0 Å². The van der Waals surface area contributed by atoms with E-state index in [4.69, 9.17) is 15.0 Å². The summed E-state index contributed by atoms with van der Waals surface area (Å²) in [4.78, 5) is 12.6. The molecule has 10 nitrogen and oxygen atoms in total. The second-order valence-electron chi connectivity index (χ2n) is 7.77. The lowest BCUT2D eigenvalue weighted by Gasteiger charge is -2.17. The highest BCUT2D eigenvalue weighted by Crippen LogP contribution is 2.36. The third kappa shape index (κ3) is 3.99. The zero-order valence-corrected chi connectivity index (χ0v) is 17.7. The van der Waals surface area contributed by atoms with E-state index in [0.717, 1.165) is 22.5 Å². The molecule has 3 aromatic heterocycles. The van der Waals surface area contributed by atoms with E-state index < -0.39 is 24.3 Å². The molecule has 31 heavy (non-hydrogen) atoms. The van der Waals surface area contributed by atoms with Gasteiger partial charge in [-0.05, 0) is 19.9 Å². The number of nitrogens with two attached hydrogens (primary N) is 1. The molecule has 10 heteroatoms. The predicted molar refractivity (Wildman–Crippen MR) is 112 cm³/mol. The van der Waals surface area contributed by atoms with Crippen LogP contribution in [-0.2, 0) is 23.1 Å². The van der Waals surface area contributed by atoms with Crippen LogP contribution in [0.3, 0.4) is 0 Å². The lowest BCUT2D eigenvalue weighted by atomic mass is 10.1. The van der Waals surface area contributed by atoms with Crippen molar-refractivity contribution in [1.29, 1.82) is 0 Å². The summed E-state index contributed by atoms with van der Waals surface area (Å²) >= 11 is 0. The van der Waals surface area contributed by atoms with E-state index in [1.807, 2.05) is 37.0 Å². The van der Waals surface area contributed by atoms with Gasteiger partial charge in [0.25, 0.3) is 5.91 Å². The maximum absolute atomic E-state index is 12.6. The third-order valence-electron chi connectivity index (χ3n) is 5.38. The molecule has 0 aliphatic carbocycles. The second kappa shape index (κ2) is 8.05. The number of aliphatic hydroxyl groups excluding tert-OH is 1. The van der Waals surface area contributed by atoms with Gasteiger partial charge in [0.05, 0.1) is 18.3 Å². The van der Waals surface area contributed by atoms with Crippen molar-refractivity contribution in [3.05, 3.63) is 53.8 Å². The molecule has 4 rings (SSSR count). The summed E-state index contributed by atoms with van der Waals surface area (Å²) in [6.07, 6.45) is 1.50. The molecule has 0 unspecified atom stereocenters. The fourth-order valence-electron chi connectivity index (χ4n) is 3.92. The van der Waals surface area contributed by atoms with Crippen molar-refractivity contribution in [1.82, 2.24) is 24.8 Å². The number of carbonyl (C=O) groups is 1. The van der Waals surface area contributed by atoms with E-state index in [1.54, 1.807) is 17.7 Å². The fraction of sp³-hybridized carbons (Fsp3) is 0.381. The average molecular weight is 426 g/mol. The number of hydrogen-bond donors (Lipinski definition) is 3. The lowest BCUT2D eigenvalue weighted by Crippen LogP contribution is -2.40. The van der Waals surface area contributed by atoms with Crippen molar-refractivity contribution in [2.75, 3.05) is 0 Å². The normalized spacial score (nSPS) is 20.8. The molecule has 3 aromatic rings. The van der Waals surface area contributed by atoms with Crippen LogP contribution >= 0.6 is 0 Å². The Kier molecular flexibility index (Phi) is 5.42. The fourth-order valence-corrected chi connectivity index (χ4v) is 3.92. The first-order chi connectivity index (χ1) is 14.7. The minimum absolute atomic E-state index is 0.191. The second-order valence-corrected chi connectivity index (χ2v) is 7.77. The minimum Gasteiger partial charge on any atom is -0.399 e. The Morgan fingerprint density at radius 2 is 2.23 bits per heavy atom. The molecule has 1 amide bonds. The molecule has 0 aromatic carbocycles. The van der Waals surface area contributed by atoms with Crippen LogP contribution in [0.25, 0.3) is 17.0 Å². The van der Waals surface area contributed by atoms with Gasteiger partial charge in [0, 0.05) is 54.4 Å². The van der Waals surface area contributed by atoms with Crippen LogP contribution in [0.4, 0.5) is 0 Å². The van der Waals surface area contributed by atoms with Crippen molar-refractivity contribution in [3.63, 3.8) is 0 Å². The number of ether oxygens (including phenoxy) is 1. The molecule has 0 radical (unpaired) electrons. The van der Waals surface area contributed by atoms with Gasteiger partial charge in [0.15, 0.2) is 6.10 Å². The van der Waals surface area contributed by atoms with Crippen LogP contribution < -0.4 is 11.1 Å². The number of hydrogen-bond acceptors (Lipinski definition) is 7. The van der Waals surface area contributed by atoms with Crippen molar-refractivity contribution < 1.29 is 19.2 Å². The summed E-state index contributed by atoms with van der Waals surface area (Å²) in [5.41, 5.74) is 10.2. The summed E-state index contributed by atoms with van der Waals surface area (Å²) in [7, 11) is 1.84. The number of rotatable bonds is 6. The number of aliphatic hydroxyl groups is 1. The van der Waals surface area contributed by atoms with E-state index in [1.165, 1.54) is 0 Å².